The van der Waals surface area contributed by atoms with Crippen LogP contribution in [0.15, 0.2) is 22.8 Å². The third kappa shape index (κ3) is 3.17. The van der Waals surface area contributed by atoms with Crippen molar-refractivity contribution in [1.82, 2.24) is 9.80 Å². The number of nitrogens with zero attached hydrogens (tertiary/aromatic N) is 2. The van der Waals surface area contributed by atoms with Crippen molar-refractivity contribution in [3.05, 3.63) is 24.2 Å². The highest BCUT2D eigenvalue weighted by atomic mass is 16.5. The fourth-order valence-corrected chi connectivity index (χ4v) is 4.14. The molecule has 4 rings (SSSR count). The molecule has 1 aromatic heterocycles. The zero-order valence-corrected chi connectivity index (χ0v) is 13.7. The van der Waals surface area contributed by atoms with Crippen molar-refractivity contribution in [2.24, 2.45) is 5.92 Å². The van der Waals surface area contributed by atoms with Gasteiger partial charge in [-0.3, -0.25) is 9.69 Å². The topological polar surface area (TPSA) is 45.9 Å². The first-order valence-corrected chi connectivity index (χ1v) is 8.92. The van der Waals surface area contributed by atoms with E-state index in [1.54, 1.807) is 6.26 Å². The summed E-state index contributed by atoms with van der Waals surface area (Å²) in [6, 6.07) is 3.95. The van der Waals surface area contributed by atoms with Crippen molar-refractivity contribution in [3.8, 4) is 0 Å². The third-order valence-electron chi connectivity index (χ3n) is 5.85. The van der Waals surface area contributed by atoms with Gasteiger partial charge < -0.3 is 14.1 Å². The molecule has 0 radical (unpaired) electrons. The SMILES string of the molecule is O=C(C1CCN(Cc2ccco2)CC1)N1CCC2(CCO2)CC1. The minimum absolute atomic E-state index is 0.128. The molecule has 1 amide bonds. The first-order chi connectivity index (χ1) is 11.2. The molecule has 4 heterocycles. The summed E-state index contributed by atoms with van der Waals surface area (Å²) in [7, 11) is 0. The molecule has 1 spiro atoms. The Kier molecular flexibility index (Phi) is 4.16. The van der Waals surface area contributed by atoms with Crippen molar-refractivity contribution in [2.45, 2.75) is 44.2 Å². The number of hydrogen-bond acceptors (Lipinski definition) is 4. The largest absolute Gasteiger partial charge is 0.468 e. The van der Waals surface area contributed by atoms with Crippen LogP contribution in [0.3, 0.4) is 0 Å². The molecule has 5 heteroatoms. The summed E-state index contributed by atoms with van der Waals surface area (Å²) >= 11 is 0. The first kappa shape index (κ1) is 15.2. The molecule has 0 bridgehead atoms. The monoisotopic (exact) mass is 318 g/mol. The van der Waals surface area contributed by atoms with Crippen molar-refractivity contribution >= 4 is 5.91 Å². The molecule has 0 unspecified atom stereocenters. The van der Waals surface area contributed by atoms with E-state index in [-0.39, 0.29) is 11.5 Å². The van der Waals surface area contributed by atoms with Crippen molar-refractivity contribution in [3.63, 3.8) is 0 Å². The van der Waals surface area contributed by atoms with Crippen molar-refractivity contribution in [1.29, 1.82) is 0 Å². The smallest absolute Gasteiger partial charge is 0.225 e. The Hall–Kier alpha value is -1.33. The Morgan fingerprint density at radius 2 is 1.91 bits per heavy atom. The molecule has 0 saturated carbocycles. The van der Waals surface area contributed by atoms with Gasteiger partial charge in [0.1, 0.15) is 5.76 Å². The summed E-state index contributed by atoms with van der Waals surface area (Å²) in [6.07, 6.45) is 6.89. The molecule has 5 nitrogen and oxygen atoms in total. The maximum atomic E-state index is 12.7. The van der Waals surface area contributed by atoms with E-state index in [0.29, 0.717) is 5.91 Å². The molecule has 0 aromatic carbocycles. The average Bonchev–Trinajstić information content (AvgIpc) is 3.07. The second kappa shape index (κ2) is 6.29. The van der Waals surface area contributed by atoms with E-state index >= 15 is 0 Å². The minimum Gasteiger partial charge on any atom is -0.468 e. The molecule has 126 valence electrons. The highest BCUT2D eigenvalue weighted by Crippen LogP contribution is 2.37. The van der Waals surface area contributed by atoms with Crippen LogP contribution in [0, 0.1) is 5.92 Å². The normalized spacial score (nSPS) is 25.5. The van der Waals surface area contributed by atoms with Crippen LogP contribution in [-0.4, -0.2) is 54.1 Å². The quantitative estimate of drug-likeness (QED) is 0.858. The molecule has 3 aliphatic rings. The number of carbonyl (C=O) groups is 1. The third-order valence-corrected chi connectivity index (χ3v) is 5.85. The molecule has 0 N–H and O–H groups in total. The van der Waals surface area contributed by atoms with Gasteiger partial charge in [0.2, 0.25) is 5.91 Å². The fraction of sp³-hybridized carbons (Fsp3) is 0.722. The van der Waals surface area contributed by atoms with Gasteiger partial charge in [-0.05, 0) is 57.3 Å². The van der Waals surface area contributed by atoms with Gasteiger partial charge in [-0.15, -0.1) is 0 Å². The van der Waals surface area contributed by atoms with E-state index in [2.05, 4.69) is 9.80 Å². The van der Waals surface area contributed by atoms with E-state index in [1.807, 2.05) is 12.1 Å². The van der Waals surface area contributed by atoms with Crippen LogP contribution in [0.2, 0.25) is 0 Å². The molecular formula is C18H26N2O3. The predicted molar refractivity (Wildman–Crippen MR) is 85.8 cm³/mol. The molecule has 0 aliphatic carbocycles. The summed E-state index contributed by atoms with van der Waals surface area (Å²) in [5.74, 6) is 1.59. The number of rotatable bonds is 3. The van der Waals surface area contributed by atoms with Gasteiger partial charge in [0.25, 0.3) is 0 Å². The van der Waals surface area contributed by atoms with Crippen LogP contribution in [-0.2, 0) is 16.1 Å². The second-order valence-corrected chi connectivity index (χ2v) is 7.24. The van der Waals surface area contributed by atoms with Crippen molar-refractivity contribution < 1.29 is 13.9 Å². The second-order valence-electron chi connectivity index (χ2n) is 7.24. The maximum Gasteiger partial charge on any atom is 0.225 e. The van der Waals surface area contributed by atoms with Gasteiger partial charge in [-0.25, -0.2) is 0 Å². The Balaban J connectivity index is 1.24. The standard InChI is InChI=1S/C18H26N2O3/c21-17(20-10-5-18(6-11-20)7-13-23-18)15-3-8-19(9-4-15)14-16-2-1-12-22-16/h1-2,12,15H,3-11,13-14H2. The molecule has 23 heavy (non-hydrogen) atoms. The Bertz CT molecular complexity index is 520. The lowest BCUT2D eigenvalue weighted by molar-refractivity contribution is -0.177. The number of amides is 1. The highest BCUT2D eigenvalue weighted by Gasteiger charge is 2.42. The molecule has 3 saturated heterocycles. The average molecular weight is 318 g/mol. The molecule has 3 fully saturated rings. The van der Waals surface area contributed by atoms with Crippen LogP contribution in [0.5, 0.6) is 0 Å². The Morgan fingerprint density at radius 1 is 1.17 bits per heavy atom. The number of piperidine rings is 2. The minimum atomic E-state index is 0.128. The van der Waals surface area contributed by atoms with Crippen LogP contribution in [0.4, 0.5) is 0 Å². The lowest BCUT2D eigenvalue weighted by Gasteiger charge is -2.48. The van der Waals surface area contributed by atoms with E-state index < -0.39 is 0 Å². The van der Waals surface area contributed by atoms with E-state index in [1.165, 1.54) is 6.42 Å². The summed E-state index contributed by atoms with van der Waals surface area (Å²) in [5, 5.41) is 0. The van der Waals surface area contributed by atoms with E-state index in [9.17, 15) is 4.79 Å². The number of hydrogen-bond donors (Lipinski definition) is 0. The van der Waals surface area contributed by atoms with Gasteiger partial charge in [0.15, 0.2) is 0 Å². The number of ether oxygens (including phenoxy) is 1. The molecular weight excluding hydrogens is 292 g/mol. The van der Waals surface area contributed by atoms with Gasteiger partial charge in [0.05, 0.1) is 25.0 Å². The van der Waals surface area contributed by atoms with Crippen LogP contribution in [0.25, 0.3) is 0 Å². The predicted octanol–water partition coefficient (Wildman–Crippen LogP) is 2.27. The summed E-state index contributed by atoms with van der Waals surface area (Å²) < 4.78 is 11.2. The van der Waals surface area contributed by atoms with E-state index in [4.69, 9.17) is 9.15 Å². The van der Waals surface area contributed by atoms with Gasteiger partial charge in [0, 0.05) is 19.0 Å². The van der Waals surface area contributed by atoms with Gasteiger partial charge in [-0.1, -0.05) is 0 Å². The molecule has 3 aliphatic heterocycles. The zero-order chi connectivity index (χ0) is 15.7. The summed E-state index contributed by atoms with van der Waals surface area (Å²) in [4.78, 5) is 17.2. The Labute approximate surface area is 137 Å². The maximum absolute atomic E-state index is 12.7. The van der Waals surface area contributed by atoms with Gasteiger partial charge in [-0.2, -0.15) is 0 Å². The first-order valence-electron chi connectivity index (χ1n) is 8.92. The molecule has 1 aromatic rings. The number of likely N-dealkylation sites (tertiary alicyclic amines) is 2. The summed E-state index contributed by atoms with van der Waals surface area (Å²) in [6.45, 7) is 5.49. The van der Waals surface area contributed by atoms with E-state index in [0.717, 1.165) is 70.8 Å². The molecule has 0 atom stereocenters. The van der Waals surface area contributed by atoms with Crippen molar-refractivity contribution in [2.75, 3.05) is 32.8 Å². The zero-order valence-electron chi connectivity index (χ0n) is 13.7. The van der Waals surface area contributed by atoms with Gasteiger partial charge >= 0.3 is 0 Å². The van der Waals surface area contributed by atoms with Crippen LogP contribution in [0.1, 0.15) is 37.9 Å². The Morgan fingerprint density at radius 3 is 2.48 bits per heavy atom. The highest BCUT2D eigenvalue weighted by molar-refractivity contribution is 5.79. The summed E-state index contributed by atoms with van der Waals surface area (Å²) in [5.41, 5.74) is 0.128. The number of carbonyl (C=O) groups excluding carboxylic acids is 1. The lowest BCUT2D eigenvalue weighted by Crippen LogP contribution is -2.54. The lowest BCUT2D eigenvalue weighted by atomic mass is 9.83. The van der Waals surface area contributed by atoms with Crippen LogP contribution >= 0.6 is 0 Å². The fourth-order valence-electron chi connectivity index (χ4n) is 4.14. The number of furan rings is 1. The van der Waals surface area contributed by atoms with Crippen LogP contribution < -0.4 is 0 Å².